The van der Waals surface area contributed by atoms with E-state index in [1.54, 1.807) is 36.4 Å². The Bertz CT molecular complexity index is 1570. The molecule has 4 aromatic rings. The quantitative estimate of drug-likeness (QED) is 0.262. The van der Waals surface area contributed by atoms with Crippen molar-refractivity contribution in [2.75, 3.05) is 11.4 Å². The number of ether oxygens (including phenoxy) is 1. The lowest BCUT2D eigenvalue weighted by atomic mass is 9.96. The first-order chi connectivity index (χ1) is 18.6. The average molecular weight is 543 g/mol. The number of hydrogen-bond acceptors (Lipinski definition) is 4. The highest BCUT2D eigenvalue weighted by molar-refractivity contribution is 7.92. The predicted octanol–water partition coefficient (Wildman–Crippen LogP) is 6.51. The largest absolute Gasteiger partial charge is 0.497 e. The fourth-order valence-electron chi connectivity index (χ4n) is 4.61. The van der Waals surface area contributed by atoms with Crippen molar-refractivity contribution in [2.45, 2.75) is 45.2 Å². The molecule has 0 aliphatic heterocycles. The molecule has 0 fully saturated rings. The number of anilines is 1. The number of carbonyl (C=O) groups excluding carboxylic acids is 1. The van der Waals surface area contributed by atoms with Gasteiger partial charge in [0.1, 0.15) is 5.75 Å². The van der Waals surface area contributed by atoms with E-state index in [0.717, 1.165) is 22.3 Å². The monoisotopic (exact) mass is 542 g/mol. The van der Waals surface area contributed by atoms with Crippen LogP contribution in [0.15, 0.2) is 95.9 Å². The average Bonchev–Trinajstić information content (AvgIpc) is 2.94. The summed E-state index contributed by atoms with van der Waals surface area (Å²) in [6, 6.07) is 26.3. The van der Waals surface area contributed by atoms with E-state index in [1.807, 2.05) is 51.1 Å². The van der Waals surface area contributed by atoms with Gasteiger partial charge in [0, 0.05) is 0 Å². The van der Waals surface area contributed by atoms with E-state index in [-0.39, 0.29) is 29.0 Å². The van der Waals surface area contributed by atoms with Crippen LogP contribution >= 0.6 is 0 Å². The van der Waals surface area contributed by atoms with Gasteiger partial charge in [-0.3, -0.25) is 9.10 Å². The lowest BCUT2D eigenvalue weighted by molar-refractivity contribution is 0.0940. The standard InChI is InChI=1S/C32H34N2O4S/c1-22-19-24(3)30(20-23(22)2)25(4)33-32(35)29-13-9-10-14-31(29)34(21-26-11-7-6-8-12-26)39(36,37)28-17-15-27(38-5)16-18-28/h6-20,25H,21H2,1-5H3,(H,33,35). The summed E-state index contributed by atoms with van der Waals surface area (Å²) in [5.74, 6) is 0.206. The Kier molecular flexibility index (Phi) is 8.41. The van der Waals surface area contributed by atoms with Crippen molar-refractivity contribution in [2.24, 2.45) is 0 Å². The number of rotatable bonds is 9. The summed E-state index contributed by atoms with van der Waals surface area (Å²) in [6.07, 6.45) is 0. The van der Waals surface area contributed by atoms with Crippen LogP contribution in [0.25, 0.3) is 0 Å². The summed E-state index contributed by atoms with van der Waals surface area (Å²) >= 11 is 0. The molecule has 1 atom stereocenters. The Hall–Kier alpha value is -4.10. The van der Waals surface area contributed by atoms with E-state index < -0.39 is 10.0 Å². The summed E-state index contributed by atoms with van der Waals surface area (Å²) < 4.78 is 34.5. The van der Waals surface area contributed by atoms with Crippen molar-refractivity contribution in [3.63, 3.8) is 0 Å². The number of aryl methyl sites for hydroxylation is 3. The van der Waals surface area contributed by atoms with Gasteiger partial charge in [0.15, 0.2) is 0 Å². The van der Waals surface area contributed by atoms with Crippen molar-refractivity contribution in [3.8, 4) is 5.75 Å². The molecule has 0 aliphatic rings. The van der Waals surface area contributed by atoms with E-state index in [0.29, 0.717) is 11.4 Å². The second-order valence-corrected chi connectivity index (χ2v) is 11.5. The van der Waals surface area contributed by atoms with Gasteiger partial charge in [0.05, 0.1) is 35.8 Å². The number of methoxy groups -OCH3 is 1. The molecule has 7 heteroatoms. The SMILES string of the molecule is COc1ccc(S(=O)(=O)N(Cc2ccccc2)c2ccccc2C(=O)NC(C)c2cc(C)c(C)cc2C)cc1. The van der Waals surface area contributed by atoms with Crippen LogP contribution in [-0.2, 0) is 16.6 Å². The molecule has 0 saturated heterocycles. The van der Waals surface area contributed by atoms with Crippen molar-refractivity contribution in [1.82, 2.24) is 5.32 Å². The lowest BCUT2D eigenvalue weighted by Crippen LogP contribution is -2.34. The van der Waals surface area contributed by atoms with Crippen LogP contribution in [0, 0.1) is 20.8 Å². The van der Waals surface area contributed by atoms with Crippen LogP contribution < -0.4 is 14.4 Å². The normalized spacial score (nSPS) is 12.0. The highest BCUT2D eigenvalue weighted by Gasteiger charge is 2.29. The summed E-state index contributed by atoms with van der Waals surface area (Å²) in [7, 11) is -2.51. The van der Waals surface area contributed by atoms with Gasteiger partial charge in [0.2, 0.25) is 0 Å². The summed E-state index contributed by atoms with van der Waals surface area (Å²) in [5, 5.41) is 3.09. The third kappa shape index (κ3) is 6.15. The third-order valence-corrected chi connectivity index (χ3v) is 8.70. The molecule has 1 unspecified atom stereocenters. The number of nitrogens with one attached hydrogen (secondary N) is 1. The summed E-state index contributed by atoms with van der Waals surface area (Å²) in [6.45, 7) is 8.14. The second kappa shape index (κ2) is 11.7. The predicted molar refractivity (Wildman–Crippen MR) is 156 cm³/mol. The van der Waals surface area contributed by atoms with Gasteiger partial charge < -0.3 is 10.1 Å². The van der Waals surface area contributed by atoms with Crippen LogP contribution in [0.1, 0.15) is 51.1 Å². The van der Waals surface area contributed by atoms with Gasteiger partial charge >= 0.3 is 0 Å². The zero-order valence-electron chi connectivity index (χ0n) is 22.9. The Morgan fingerprint density at radius 1 is 0.846 bits per heavy atom. The fraction of sp³-hybridized carbons (Fsp3) is 0.219. The van der Waals surface area contributed by atoms with E-state index >= 15 is 0 Å². The number of benzene rings is 4. The van der Waals surface area contributed by atoms with Crippen LogP contribution in [0.3, 0.4) is 0 Å². The van der Waals surface area contributed by atoms with Crippen molar-refractivity contribution in [3.05, 3.63) is 124 Å². The van der Waals surface area contributed by atoms with Crippen LogP contribution in [0.2, 0.25) is 0 Å². The number of hydrogen-bond donors (Lipinski definition) is 1. The Labute approximate surface area is 231 Å². The van der Waals surface area contributed by atoms with E-state index in [1.165, 1.54) is 29.1 Å². The molecule has 0 spiro atoms. The third-order valence-electron chi connectivity index (χ3n) is 6.93. The highest BCUT2D eigenvalue weighted by atomic mass is 32.2. The van der Waals surface area contributed by atoms with Crippen molar-refractivity contribution in [1.29, 1.82) is 0 Å². The molecule has 4 rings (SSSR count). The molecule has 0 bridgehead atoms. The number of nitrogens with zero attached hydrogens (tertiary/aromatic N) is 1. The molecule has 0 aliphatic carbocycles. The smallest absolute Gasteiger partial charge is 0.264 e. The Morgan fingerprint density at radius 3 is 2.13 bits per heavy atom. The van der Waals surface area contributed by atoms with Crippen LogP contribution in [0.5, 0.6) is 5.75 Å². The van der Waals surface area contributed by atoms with Gasteiger partial charge in [-0.2, -0.15) is 0 Å². The van der Waals surface area contributed by atoms with Gasteiger partial charge in [-0.1, -0.05) is 54.6 Å². The maximum atomic E-state index is 14.0. The molecule has 1 N–H and O–H groups in total. The van der Waals surface area contributed by atoms with Gasteiger partial charge in [0.25, 0.3) is 15.9 Å². The van der Waals surface area contributed by atoms with Crippen molar-refractivity contribution < 1.29 is 17.9 Å². The minimum atomic E-state index is -4.03. The minimum Gasteiger partial charge on any atom is -0.497 e. The first-order valence-electron chi connectivity index (χ1n) is 12.8. The second-order valence-electron chi connectivity index (χ2n) is 9.68. The summed E-state index contributed by atoms with van der Waals surface area (Å²) in [4.78, 5) is 13.8. The molecule has 0 aromatic heterocycles. The van der Waals surface area contributed by atoms with Gasteiger partial charge in [-0.25, -0.2) is 8.42 Å². The molecule has 1 amide bonds. The van der Waals surface area contributed by atoms with Gasteiger partial charge in [-0.15, -0.1) is 0 Å². The summed E-state index contributed by atoms with van der Waals surface area (Å²) in [5.41, 5.74) is 5.83. The zero-order chi connectivity index (χ0) is 28.2. The van der Waals surface area contributed by atoms with Crippen molar-refractivity contribution >= 4 is 21.6 Å². The Morgan fingerprint density at radius 2 is 1.46 bits per heavy atom. The zero-order valence-corrected chi connectivity index (χ0v) is 23.7. The number of para-hydroxylation sites is 1. The van der Waals surface area contributed by atoms with Crippen LogP contribution in [0.4, 0.5) is 5.69 Å². The Balaban J connectivity index is 1.75. The number of amides is 1. The lowest BCUT2D eigenvalue weighted by Gasteiger charge is -2.27. The maximum Gasteiger partial charge on any atom is 0.264 e. The molecule has 202 valence electrons. The number of carbonyl (C=O) groups is 1. The van der Waals surface area contributed by atoms with E-state index in [2.05, 4.69) is 24.4 Å². The van der Waals surface area contributed by atoms with E-state index in [4.69, 9.17) is 4.74 Å². The molecule has 39 heavy (non-hydrogen) atoms. The maximum absolute atomic E-state index is 14.0. The highest BCUT2D eigenvalue weighted by Crippen LogP contribution is 2.31. The topological polar surface area (TPSA) is 75.7 Å². The molecule has 4 aromatic carbocycles. The first kappa shape index (κ1) is 27.9. The molecule has 0 heterocycles. The fourth-order valence-corrected chi connectivity index (χ4v) is 6.08. The first-order valence-corrected chi connectivity index (χ1v) is 14.2. The molecular weight excluding hydrogens is 508 g/mol. The van der Waals surface area contributed by atoms with E-state index in [9.17, 15) is 13.2 Å². The molecular formula is C32H34N2O4S. The molecule has 6 nitrogen and oxygen atoms in total. The molecule has 0 radical (unpaired) electrons. The minimum absolute atomic E-state index is 0.0608. The van der Waals surface area contributed by atoms with Gasteiger partial charge in [-0.05, 0) is 91.9 Å². The molecule has 0 saturated carbocycles. The van der Waals surface area contributed by atoms with Crippen LogP contribution in [-0.4, -0.2) is 21.4 Å². The number of sulfonamides is 1.